The maximum atomic E-state index is 12.9. The lowest BCUT2D eigenvalue weighted by Crippen LogP contribution is -2.38. The minimum Gasteiger partial charge on any atom is -0.481 e. The SMILES string of the molecule is C[C@@H](OC(=O)COc1ccc(F)cc1Br)C(=O)N(C)CCC#N. The van der Waals surface area contributed by atoms with Crippen LogP contribution in [-0.2, 0) is 14.3 Å². The van der Waals surface area contributed by atoms with Gasteiger partial charge in [-0.05, 0) is 41.1 Å². The summed E-state index contributed by atoms with van der Waals surface area (Å²) in [6.45, 7) is 1.29. The molecule has 0 bridgehead atoms. The number of halogens is 2. The molecule has 8 heteroatoms. The van der Waals surface area contributed by atoms with Crippen molar-refractivity contribution in [1.82, 2.24) is 4.90 Å². The first kappa shape index (κ1) is 18.9. The van der Waals surface area contributed by atoms with E-state index in [0.29, 0.717) is 4.47 Å². The number of hydrogen-bond acceptors (Lipinski definition) is 5. The van der Waals surface area contributed by atoms with E-state index in [4.69, 9.17) is 14.7 Å². The van der Waals surface area contributed by atoms with Gasteiger partial charge in [-0.2, -0.15) is 5.26 Å². The Hall–Kier alpha value is -2.14. The highest BCUT2D eigenvalue weighted by Gasteiger charge is 2.21. The van der Waals surface area contributed by atoms with E-state index in [1.807, 2.05) is 6.07 Å². The predicted molar refractivity (Wildman–Crippen MR) is 83.0 cm³/mol. The van der Waals surface area contributed by atoms with Crippen molar-refractivity contribution in [3.63, 3.8) is 0 Å². The minimum absolute atomic E-state index is 0.199. The van der Waals surface area contributed by atoms with Gasteiger partial charge in [0.1, 0.15) is 11.6 Å². The highest BCUT2D eigenvalue weighted by molar-refractivity contribution is 9.10. The van der Waals surface area contributed by atoms with E-state index in [2.05, 4.69) is 15.9 Å². The van der Waals surface area contributed by atoms with Gasteiger partial charge in [-0.15, -0.1) is 0 Å². The minimum atomic E-state index is -0.980. The zero-order valence-electron chi connectivity index (χ0n) is 12.7. The van der Waals surface area contributed by atoms with E-state index in [9.17, 15) is 14.0 Å². The molecule has 1 amide bonds. The van der Waals surface area contributed by atoms with Crippen LogP contribution in [0.1, 0.15) is 13.3 Å². The average molecular weight is 387 g/mol. The van der Waals surface area contributed by atoms with Gasteiger partial charge in [0.05, 0.1) is 17.0 Å². The molecule has 1 atom stereocenters. The number of hydrogen-bond donors (Lipinski definition) is 0. The third kappa shape index (κ3) is 6.24. The highest BCUT2D eigenvalue weighted by atomic mass is 79.9. The third-order valence-corrected chi connectivity index (χ3v) is 3.45. The summed E-state index contributed by atoms with van der Waals surface area (Å²) in [5.74, 6) is -1.28. The molecule has 0 aliphatic carbocycles. The molecular formula is C15H16BrFN2O4. The number of esters is 1. The Morgan fingerprint density at radius 1 is 1.48 bits per heavy atom. The number of benzene rings is 1. The molecule has 1 aromatic carbocycles. The molecule has 0 aliphatic heterocycles. The fraction of sp³-hybridized carbons (Fsp3) is 0.400. The number of ether oxygens (including phenoxy) is 2. The van der Waals surface area contributed by atoms with Crippen LogP contribution in [0.2, 0.25) is 0 Å². The Morgan fingerprint density at radius 3 is 2.78 bits per heavy atom. The van der Waals surface area contributed by atoms with Gasteiger partial charge in [0, 0.05) is 13.6 Å². The zero-order valence-corrected chi connectivity index (χ0v) is 14.3. The second-order valence-electron chi connectivity index (χ2n) is 4.66. The third-order valence-electron chi connectivity index (χ3n) is 2.83. The topological polar surface area (TPSA) is 79.6 Å². The van der Waals surface area contributed by atoms with Gasteiger partial charge in [-0.25, -0.2) is 9.18 Å². The van der Waals surface area contributed by atoms with E-state index < -0.39 is 30.4 Å². The summed E-state index contributed by atoms with van der Waals surface area (Å²) in [5.41, 5.74) is 0. The average Bonchev–Trinajstić information content (AvgIpc) is 2.50. The van der Waals surface area contributed by atoms with Crippen LogP contribution in [0.15, 0.2) is 22.7 Å². The Morgan fingerprint density at radius 2 is 2.17 bits per heavy atom. The van der Waals surface area contributed by atoms with Crippen molar-refractivity contribution >= 4 is 27.8 Å². The van der Waals surface area contributed by atoms with Crippen molar-refractivity contribution in [3.8, 4) is 11.8 Å². The van der Waals surface area contributed by atoms with Crippen LogP contribution in [0, 0.1) is 17.1 Å². The second-order valence-corrected chi connectivity index (χ2v) is 5.52. The summed E-state index contributed by atoms with van der Waals surface area (Å²) in [4.78, 5) is 24.9. The number of rotatable bonds is 7. The first-order valence-corrected chi connectivity index (χ1v) is 7.53. The maximum Gasteiger partial charge on any atom is 0.344 e. The van der Waals surface area contributed by atoms with Crippen LogP contribution >= 0.6 is 15.9 Å². The number of carbonyl (C=O) groups excluding carboxylic acids is 2. The second kappa shape index (κ2) is 9.10. The number of nitriles is 1. The van der Waals surface area contributed by atoms with E-state index in [1.54, 1.807) is 0 Å². The predicted octanol–water partition coefficient (Wildman–Crippen LogP) is 2.27. The van der Waals surface area contributed by atoms with Crippen LogP contribution in [-0.4, -0.2) is 43.1 Å². The lowest BCUT2D eigenvalue weighted by Gasteiger charge is -2.20. The lowest BCUT2D eigenvalue weighted by molar-refractivity contribution is -0.160. The van der Waals surface area contributed by atoms with Gasteiger partial charge >= 0.3 is 5.97 Å². The summed E-state index contributed by atoms with van der Waals surface area (Å²) in [6.07, 6.45) is -0.781. The highest BCUT2D eigenvalue weighted by Crippen LogP contribution is 2.25. The molecule has 0 saturated heterocycles. The number of amides is 1. The molecule has 0 aromatic heterocycles. The van der Waals surface area contributed by atoms with Crippen molar-refractivity contribution < 1.29 is 23.5 Å². The molecule has 0 N–H and O–H groups in total. The van der Waals surface area contributed by atoms with Gasteiger partial charge in [-0.1, -0.05) is 0 Å². The van der Waals surface area contributed by atoms with Gasteiger partial charge < -0.3 is 14.4 Å². The van der Waals surface area contributed by atoms with Crippen molar-refractivity contribution in [1.29, 1.82) is 5.26 Å². The molecule has 0 aliphatic rings. The molecule has 23 heavy (non-hydrogen) atoms. The molecule has 0 saturated carbocycles. The first-order valence-electron chi connectivity index (χ1n) is 6.74. The molecule has 0 heterocycles. The molecule has 0 fully saturated rings. The van der Waals surface area contributed by atoms with Crippen molar-refractivity contribution in [2.24, 2.45) is 0 Å². The van der Waals surface area contributed by atoms with Crippen molar-refractivity contribution in [3.05, 3.63) is 28.5 Å². The maximum absolute atomic E-state index is 12.9. The van der Waals surface area contributed by atoms with Gasteiger partial charge in [0.15, 0.2) is 12.7 Å². The summed E-state index contributed by atoms with van der Waals surface area (Å²) < 4.78 is 23.5. The van der Waals surface area contributed by atoms with Crippen molar-refractivity contribution in [2.75, 3.05) is 20.2 Å². The molecule has 1 rings (SSSR count). The summed E-state index contributed by atoms with van der Waals surface area (Å²) in [5, 5.41) is 8.48. The fourth-order valence-electron chi connectivity index (χ4n) is 1.65. The van der Waals surface area contributed by atoms with Crippen LogP contribution < -0.4 is 4.74 Å². The number of nitrogens with zero attached hydrogens (tertiary/aromatic N) is 2. The van der Waals surface area contributed by atoms with E-state index in [-0.39, 0.29) is 18.7 Å². The van der Waals surface area contributed by atoms with Crippen molar-refractivity contribution in [2.45, 2.75) is 19.4 Å². The standard InChI is InChI=1S/C15H16BrFN2O4/c1-10(15(21)19(2)7-3-6-18)23-14(20)9-22-13-5-4-11(17)8-12(13)16/h4-5,8,10H,3,7,9H2,1-2H3/t10-/m1/s1. The number of likely N-dealkylation sites (N-methyl/N-ethyl adjacent to an activating group) is 1. The van der Waals surface area contributed by atoms with Crippen LogP contribution in [0.5, 0.6) is 5.75 Å². The molecule has 0 spiro atoms. The summed E-state index contributed by atoms with van der Waals surface area (Å²) >= 11 is 3.11. The van der Waals surface area contributed by atoms with Gasteiger partial charge in [-0.3, -0.25) is 4.79 Å². The normalized spacial score (nSPS) is 11.3. The van der Waals surface area contributed by atoms with Crippen LogP contribution in [0.4, 0.5) is 4.39 Å². The molecule has 1 aromatic rings. The smallest absolute Gasteiger partial charge is 0.344 e. The zero-order chi connectivity index (χ0) is 17.4. The summed E-state index contributed by atoms with van der Waals surface area (Å²) in [7, 11) is 1.52. The number of carbonyl (C=O) groups is 2. The quantitative estimate of drug-likeness (QED) is 0.671. The molecule has 124 valence electrons. The lowest BCUT2D eigenvalue weighted by atomic mass is 10.3. The monoisotopic (exact) mass is 386 g/mol. The van der Waals surface area contributed by atoms with Crippen LogP contribution in [0.25, 0.3) is 0 Å². The van der Waals surface area contributed by atoms with E-state index in [1.165, 1.54) is 37.1 Å². The van der Waals surface area contributed by atoms with Gasteiger partial charge in [0.2, 0.25) is 0 Å². The van der Waals surface area contributed by atoms with Crippen LogP contribution in [0.3, 0.4) is 0 Å². The first-order chi connectivity index (χ1) is 10.8. The molecule has 6 nitrogen and oxygen atoms in total. The van der Waals surface area contributed by atoms with Gasteiger partial charge in [0.25, 0.3) is 5.91 Å². The van der Waals surface area contributed by atoms with E-state index >= 15 is 0 Å². The molecular weight excluding hydrogens is 371 g/mol. The fourth-order valence-corrected chi connectivity index (χ4v) is 2.11. The Kier molecular flexibility index (Phi) is 7.48. The Bertz CT molecular complexity index is 618. The Labute approximate surface area is 141 Å². The molecule has 0 radical (unpaired) electrons. The molecule has 0 unspecified atom stereocenters. The van der Waals surface area contributed by atoms with E-state index in [0.717, 1.165) is 0 Å². The Balaban J connectivity index is 2.46. The summed E-state index contributed by atoms with van der Waals surface area (Å²) in [6, 6.07) is 5.70. The largest absolute Gasteiger partial charge is 0.481 e.